The van der Waals surface area contributed by atoms with Crippen molar-refractivity contribution in [3.8, 4) is 0 Å². The van der Waals surface area contributed by atoms with Gasteiger partial charge in [-0.1, -0.05) is 48.0 Å². The maximum Gasteiger partial charge on any atom is 0.109 e. The van der Waals surface area contributed by atoms with Crippen molar-refractivity contribution in [2.24, 2.45) is 0 Å². The van der Waals surface area contributed by atoms with Crippen molar-refractivity contribution < 1.29 is 0 Å². The van der Waals surface area contributed by atoms with Crippen molar-refractivity contribution in [3.63, 3.8) is 0 Å². The highest BCUT2D eigenvalue weighted by atomic mass is 35.5. The molecule has 0 aromatic heterocycles. The van der Waals surface area contributed by atoms with Crippen molar-refractivity contribution >= 4 is 23.2 Å². The van der Waals surface area contributed by atoms with E-state index in [0.29, 0.717) is 5.03 Å². The first-order chi connectivity index (χ1) is 7.14. The Bertz CT molecular complexity index is 432. The van der Waals surface area contributed by atoms with E-state index in [1.807, 2.05) is 36.4 Å². The number of aryl methyl sites for hydroxylation is 1. The third-order valence-corrected chi connectivity index (χ3v) is 3.84. The van der Waals surface area contributed by atoms with E-state index in [1.54, 1.807) is 0 Å². The van der Waals surface area contributed by atoms with Crippen LogP contribution in [0.4, 0.5) is 0 Å². The first kappa shape index (κ1) is 10.8. The van der Waals surface area contributed by atoms with Crippen LogP contribution in [0.15, 0.2) is 47.5 Å². The molecule has 1 aromatic carbocycles. The molecule has 0 spiro atoms. The van der Waals surface area contributed by atoms with Gasteiger partial charge in [-0.25, -0.2) is 0 Å². The average molecular weight is 239 g/mol. The van der Waals surface area contributed by atoms with Gasteiger partial charge in [-0.15, -0.1) is 11.6 Å². The molecular weight excluding hydrogens is 227 g/mol. The normalized spacial score (nSPS) is 25.1. The van der Waals surface area contributed by atoms with E-state index in [2.05, 4.69) is 13.0 Å². The molecule has 2 rings (SSSR count). The van der Waals surface area contributed by atoms with Gasteiger partial charge in [-0.2, -0.15) is 0 Å². The highest BCUT2D eigenvalue weighted by Gasteiger charge is 2.34. The molecule has 0 nitrogen and oxygen atoms in total. The molecular formula is C13H12Cl2. The van der Waals surface area contributed by atoms with Gasteiger partial charge < -0.3 is 0 Å². The summed E-state index contributed by atoms with van der Waals surface area (Å²) in [4.78, 5) is -0.568. The maximum atomic E-state index is 6.60. The predicted molar refractivity (Wildman–Crippen MR) is 66.4 cm³/mol. The van der Waals surface area contributed by atoms with Crippen LogP contribution in [-0.2, 0) is 4.87 Å². The second-order valence-corrected chi connectivity index (χ2v) is 4.82. The minimum atomic E-state index is -0.568. The van der Waals surface area contributed by atoms with Crippen LogP contribution in [0.1, 0.15) is 17.5 Å². The SMILES string of the molecule is Cc1ccccc1C1(Cl)CC=CC=C1Cl. The summed E-state index contributed by atoms with van der Waals surface area (Å²) in [6.07, 6.45) is 6.60. The Kier molecular flexibility index (Phi) is 2.90. The Morgan fingerprint density at radius 3 is 2.67 bits per heavy atom. The Labute approximate surface area is 100 Å². The number of allylic oxidation sites excluding steroid dienone is 4. The Morgan fingerprint density at radius 2 is 2.00 bits per heavy atom. The van der Waals surface area contributed by atoms with Gasteiger partial charge in [0, 0.05) is 5.03 Å². The molecule has 0 aliphatic heterocycles. The molecule has 1 aliphatic rings. The zero-order valence-electron chi connectivity index (χ0n) is 8.50. The minimum absolute atomic E-state index is 0.568. The van der Waals surface area contributed by atoms with Crippen LogP contribution in [0.3, 0.4) is 0 Å². The third kappa shape index (κ3) is 1.84. The number of alkyl halides is 1. The number of halogens is 2. The van der Waals surface area contributed by atoms with E-state index in [-0.39, 0.29) is 0 Å². The van der Waals surface area contributed by atoms with Crippen LogP contribution < -0.4 is 0 Å². The Morgan fingerprint density at radius 1 is 1.27 bits per heavy atom. The molecule has 0 saturated carbocycles. The second kappa shape index (κ2) is 4.03. The van der Waals surface area contributed by atoms with Gasteiger partial charge in [0.2, 0.25) is 0 Å². The van der Waals surface area contributed by atoms with E-state index in [0.717, 1.165) is 12.0 Å². The van der Waals surface area contributed by atoms with Crippen molar-refractivity contribution in [1.29, 1.82) is 0 Å². The lowest BCUT2D eigenvalue weighted by Gasteiger charge is -2.29. The van der Waals surface area contributed by atoms with Crippen LogP contribution in [-0.4, -0.2) is 0 Å². The quantitative estimate of drug-likeness (QED) is 0.632. The van der Waals surface area contributed by atoms with E-state index in [4.69, 9.17) is 23.2 Å². The first-order valence-electron chi connectivity index (χ1n) is 4.92. The van der Waals surface area contributed by atoms with Crippen LogP contribution in [0.2, 0.25) is 0 Å². The van der Waals surface area contributed by atoms with E-state index < -0.39 is 4.87 Å². The molecule has 0 saturated heterocycles. The van der Waals surface area contributed by atoms with Gasteiger partial charge in [-0.05, 0) is 30.5 Å². The van der Waals surface area contributed by atoms with Gasteiger partial charge in [0.1, 0.15) is 4.87 Å². The number of benzene rings is 1. The van der Waals surface area contributed by atoms with Crippen molar-refractivity contribution in [2.45, 2.75) is 18.2 Å². The number of hydrogen-bond donors (Lipinski definition) is 0. The molecule has 1 unspecified atom stereocenters. The molecule has 1 aliphatic carbocycles. The molecule has 2 heteroatoms. The molecule has 0 bridgehead atoms. The molecule has 0 amide bonds. The van der Waals surface area contributed by atoms with E-state index in [9.17, 15) is 0 Å². The zero-order valence-corrected chi connectivity index (χ0v) is 10.0. The average Bonchev–Trinajstić information content (AvgIpc) is 2.23. The fraction of sp³-hybridized carbons (Fsp3) is 0.231. The molecule has 1 atom stereocenters. The second-order valence-electron chi connectivity index (χ2n) is 3.76. The zero-order chi connectivity index (χ0) is 10.9. The summed E-state index contributed by atoms with van der Waals surface area (Å²) in [6.45, 7) is 2.06. The predicted octanol–water partition coefficient (Wildman–Crippen LogP) is 4.51. The first-order valence-corrected chi connectivity index (χ1v) is 5.68. The van der Waals surface area contributed by atoms with Crippen molar-refractivity contribution in [3.05, 3.63) is 58.7 Å². The molecule has 1 aromatic rings. The standard InChI is InChI=1S/C13H12Cl2/c1-10-6-2-3-7-11(10)13(15)9-5-4-8-12(13)14/h2-8H,9H2,1H3. The maximum absolute atomic E-state index is 6.60. The molecule has 15 heavy (non-hydrogen) atoms. The summed E-state index contributed by atoms with van der Waals surface area (Å²) >= 11 is 12.8. The summed E-state index contributed by atoms with van der Waals surface area (Å²) in [5.74, 6) is 0. The highest BCUT2D eigenvalue weighted by molar-refractivity contribution is 6.39. The highest BCUT2D eigenvalue weighted by Crippen LogP contribution is 2.45. The van der Waals surface area contributed by atoms with Gasteiger partial charge >= 0.3 is 0 Å². The smallest absolute Gasteiger partial charge is 0.108 e. The van der Waals surface area contributed by atoms with Gasteiger partial charge in [0.05, 0.1) is 0 Å². The largest absolute Gasteiger partial charge is 0.109 e. The van der Waals surface area contributed by atoms with Gasteiger partial charge in [0.25, 0.3) is 0 Å². The van der Waals surface area contributed by atoms with Crippen LogP contribution in [0.5, 0.6) is 0 Å². The van der Waals surface area contributed by atoms with Crippen LogP contribution >= 0.6 is 23.2 Å². The van der Waals surface area contributed by atoms with Crippen LogP contribution in [0, 0.1) is 6.92 Å². The minimum Gasteiger partial charge on any atom is -0.108 e. The van der Waals surface area contributed by atoms with Gasteiger partial charge in [-0.3, -0.25) is 0 Å². The molecule has 78 valence electrons. The molecule has 0 N–H and O–H groups in total. The Balaban J connectivity index is 2.51. The van der Waals surface area contributed by atoms with Crippen molar-refractivity contribution in [2.75, 3.05) is 0 Å². The topological polar surface area (TPSA) is 0 Å². The van der Waals surface area contributed by atoms with Crippen molar-refractivity contribution in [1.82, 2.24) is 0 Å². The van der Waals surface area contributed by atoms with Crippen LogP contribution in [0.25, 0.3) is 0 Å². The summed E-state index contributed by atoms with van der Waals surface area (Å²) in [7, 11) is 0. The lowest BCUT2D eigenvalue weighted by molar-refractivity contribution is 0.741. The van der Waals surface area contributed by atoms with E-state index in [1.165, 1.54) is 5.56 Å². The van der Waals surface area contributed by atoms with Gasteiger partial charge in [0.15, 0.2) is 0 Å². The lowest BCUT2D eigenvalue weighted by Crippen LogP contribution is -2.21. The molecule has 0 fully saturated rings. The lowest BCUT2D eigenvalue weighted by atomic mass is 9.88. The number of rotatable bonds is 1. The fourth-order valence-corrected chi connectivity index (χ4v) is 2.48. The Hall–Kier alpha value is -0.720. The fourth-order valence-electron chi connectivity index (χ4n) is 1.87. The summed E-state index contributed by atoms with van der Waals surface area (Å²) in [6, 6.07) is 8.10. The molecule has 0 heterocycles. The summed E-state index contributed by atoms with van der Waals surface area (Å²) in [5, 5.41) is 0.695. The van der Waals surface area contributed by atoms with E-state index >= 15 is 0 Å². The summed E-state index contributed by atoms with van der Waals surface area (Å²) < 4.78 is 0. The monoisotopic (exact) mass is 238 g/mol. The molecule has 0 radical (unpaired) electrons. The summed E-state index contributed by atoms with van der Waals surface area (Å²) in [5.41, 5.74) is 2.27. The third-order valence-electron chi connectivity index (χ3n) is 2.73. The number of hydrogen-bond acceptors (Lipinski definition) is 0.